The summed E-state index contributed by atoms with van der Waals surface area (Å²) < 4.78 is 8.69. The fraction of sp³-hybridized carbons (Fsp3) is 0.263. The molecule has 1 amide bonds. The SMILES string of the molecule is C[C@H](Cn1ccnc1)NC(=O)c1ccc(=O)n(CCOc2ccccc2)n1. The molecule has 0 aliphatic carbocycles. The lowest BCUT2D eigenvalue weighted by Crippen LogP contribution is -2.37. The Kier molecular flexibility index (Phi) is 5.98. The smallest absolute Gasteiger partial charge is 0.271 e. The third kappa shape index (κ3) is 5.27. The summed E-state index contributed by atoms with van der Waals surface area (Å²) in [7, 11) is 0. The van der Waals surface area contributed by atoms with Gasteiger partial charge in [0.15, 0.2) is 0 Å². The number of benzene rings is 1. The Morgan fingerprint density at radius 3 is 2.78 bits per heavy atom. The van der Waals surface area contributed by atoms with Crippen LogP contribution in [0.3, 0.4) is 0 Å². The van der Waals surface area contributed by atoms with Crippen molar-refractivity contribution in [3.05, 3.63) is 77.2 Å². The number of amides is 1. The first-order valence-corrected chi connectivity index (χ1v) is 8.64. The minimum absolute atomic E-state index is 0.115. The van der Waals surface area contributed by atoms with Crippen LogP contribution in [0, 0.1) is 0 Å². The molecule has 0 unspecified atom stereocenters. The monoisotopic (exact) mass is 367 g/mol. The largest absolute Gasteiger partial charge is 0.492 e. The van der Waals surface area contributed by atoms with Crippen molar-refractivity contribution in [2.75, 3.05) is 6.61 Å². The Labute approximate surface area is 156 Å². The number of carbonyl (C=O) groups is 1. The van der Waals surface area contributed by atoms with E-state index in [1.807, 2.05) is 48.0 Å². The third-order valence-corrected chi connectivity index (χ3v) is 3.84. The minimum Gasteiger partial charge on any atom is -0.492 e. The number of nitrogens with one attached hydrogen (secondary N) is 1. The Morgan fingerprint density at radius 2 is 2.04 bits per heavy atom. The van der Waals surface area contributed by atoms with Crippen LogP contribution >= 0.6 is 0 Å². The van der Waals surface area contributed by atoms with Gasteiger partial charge in [0.05, 0.1) is 12.9 Å². The van der Waals surface area contributed by atoms with Crippen molar-refractivity contribution in [3.63, 3.8) is 0 Å². The number of imidazole rings is 1. The number of rotatable bonds is 8. The molecular weight excluding hydrogens is 346 g/mol. The Bertz CT molecular complexity index is 922. The van der Waals surface area contributed by atoms with Gasteiger partial charge in [0.25, 0.3) is 11.5 Å². The number of hydrogen-bond donors (Lipinski definition) is 1. The van der Waals surface area contributed by atoms with Gasteiger partial charge in [0.1, 0.15) is 18.1 Å². The zero-order valence-electron chi connectivity index (χ0n) is 15.0. The van der Waals surface area contributed by atoms with Crippen molar-refractivity contribution >= 4 is 5.91 Å². The molecule has 0 radical (unpaired) electrons. The lowest BCUT2D eigenvalue weighted by molar-refractivity contribution is 0.0928. The van der Waals surface area contributed by atoms with Crippen molar-refractivity contribution < 1.29 is 9.53 Å². The van der Waals surface area contributed by atoms with E-state index in [0.717, 1.165) is 0 Å². The van der Waals surface area contributed by atoms with Crippen molar-refractivity contribution in [1.82, 2.24) is 24.6 Å². The van der Waals surface area contributed by atoms with E-state index in [1.54, 1.807) is 12.5 Å². The van der Waals surface area contributed by atoms with Gasteiger partial charge in [-0.15, -0.1) is 0 Å². The van der Waals surface area contributed by atoms with Crippen molar-refractivity contribution in [2.24, 2.45) is 0 Å². The molecule has 1 atom stereocenters. The van der Waals surface area contributed by atoms with Crippen LogP contribution in [0.5, 0.6) is 5.75 Å². The zero-order chi connectivity index (χ0) is 19.1. The van der Waals surface area contributed by atoms with Crippen LogP contribution in [-0.2, 0) is 13.1 Å². The first-order chi connectivity index (χ1) is 13.1. The number of ether oxygens (including phenoxy) is 1. The third-order valence-electron chi connectivity index (χ3n) is 3.84. The summed E-state index contributed by atoms with van der Waals surface area (Å²) in [4.78, 5) is 28.3. The predicted octanol–water partition coefficient (Wildman–Crippen LogP) is 1.34. The van der Waals surface area contributed by atoms with E-state index in [-0.39, 0.29) is 36.4 Å². The summed E-state index contributed by atoms with van der Waals surface area (Å²) in [6.45, 7) is 3.01. The van der Waals surface area contributed by atoms with Gasteiger partial charge in [-0.1, -0.05) is 18.2 Å². The highest BCUT2D eigenvalue weighted by molar-refractivity contribution is 5.92. The number of carbonyl (C=O) groups excluding carboxylic acids is 1. The molecular formula is C19H21N5O3. The van der Waals surface area contributed by atoms with Crippen LogP contribution in [0.25, 0.3) is 0 Å². The van der Waals surface area contributed by atoms with Crippen LogP contribution < -0.4 is 15.6 Å². The lowest BCUT2D eigenvalue weighted by Gasteiger charge is -2.14. The first kappa shape index (κ1) is 18.4. The van der Waals surface area contributed by atoms with E-state index in [4.69, 9.17) is 4.74 Å². The quantitative estimate of drug-likeness (QED) is 0.649. The molecule has 0 saturated carbocycles. The fourth-order valence-electron chi connectivity index (χ4n) is 2.55. The molecule has 2 heterocycles. The number of nitrogens with zero attached hydrogens (tertiary/aromatic N) is 4. The second-order valence-corrected chi connectivity index (χ2v) is 6.08. The summed E-state index contributed by atoms with van der Waals surface area (Å²) in [5.74, 6) is 0.383. The summed E-state index contributed by atoms with van der Waals surface area (Å²) in [6, 6.07) is 12.0. The number of hydrogen-bond acceptors (Lipinski definition) is 5. The molecule has 2 aromatic heterocycles. The van der Waals surface area contributed by atoms with E-state index in [9.17, 15) is 9.59 Å². The van der Waals surface area contributed by atoms with Crippen molar-refractivity contribution in [1.29, 1.82) is 0 Å². The molecule has 3 aromatic rings. The predicted molar refractivity (Wildman–Crippen MR) is 99.6 cm³/mol. The van der Waals surface area contributed by atoms with Gasteiger partial charge < -0.3 is 14.6 Å². The molecule has 8 heteroatoms. The van der Waals surface area contributed by atoms with Gasteiger partial charge >= 0.3 is 0 Å². The fourth-order valence-corrected chi connectivity index (χ4v) is 2.55. The molecule has 0 aliphatic heterocycles. The summed E-state index contributed by atoms with van der Waals surface area (Å²) >= 11 is 0. The van der Waals surface area contributed by atoms with Crippen LogP contribution in [0.2, 0.25) is 0 Å². The maximum Gasteiger partial charge on any atom is 0.271 e. The minimum atomic E-state index is -0.333. The molecule has 0 fully saturated rings. The Balaban J connectivity index is 1.58. The topological polar surface area (TPSA) is 91.0 Å². The summed E-state index contributed by atoms with van der Waals surface area (Å²) in [5, 5.41) is 7.01. The second kappa shape index (κ2) is 8.79. The van der Waals surface area contributed by atoms with Gasteiger partial charge in [0.2, 0.25) is 0 Å². The molecule has 27 heavy (non-hydrogen) atoms. The highest BCUT2D eigenvalue weighted by atomic mass is 16.5. The van der Waals surface area contributed by atoms with E-state index in [2.05, 4.69) is 15.4 Å². The molecule has 0 bridgehead atoms. The zero-order valence-corrected chi connectivity index (χ0v) is 15.0. The number of para-hydroxylation sites is 1. The molecule has 1 N–H and O–H groups in total. The molecule has 0 aliphatic rings. The van der Waals surface area contributed by atoms with Crippen LogP contribution in [-0.4, -0.2) is 37.9 Å². The Hall–Kier alpha value is -3.42. The molecule has 0 spiro atoms. The van der Waals surface area contributed by atoms with Crippen LogP contribution in [0.15, 0.2) is 66.0 Å². The maximum absolute atomic E-state index is 12.4. The van der Waals surface area contributed by atoms with Crippen LogP contribution in [0.1, 0.15) is 17.4 Å². The van der Waals surface area contributed by atoms with Crippen molar-refractivity contribution in [3.8, 4) is 5.75 Å². The van der Waals surface area contributed by atoms with Crippen molar-refractivity contribution in [2.45, 2.75) is 26.1 Å². The standard InChI is InChI=1S/C19H21N5O3/c1-15(13-23-10-9-20-14-23)21-19(26)17-7-8-18(25)24(22-17)11-12-27-16-5-3-2-4-6-16/h2-10,14-15H,11-13H2,1H3,(H,21,26)/t15-/m1/s1. The average Bonchev–Trinajstić information content (AvgIpc) is 3.17. The highest BCUT2D eigenvalue weighted by Gasteiger charge is 2.13. The molecule has 0 saturated heterocycles. The average molecular weight is 367 g/mol. The van der Waals surface area contributed by atoms with E-state index < -0.39 is 0 Å². The summed E-state index contributed by atoms with van der Waals surface area (Å²) in [6.07, 6.45) is 5.20. The summed E-state index contributed by atoms with van der Waals surface area (Å²) in [5.41, 5.74) is -0.0959. The van der Waals surface area contributed by atoms with E-state index in [0.29, 0.717) is 12.3 Å². The van der Waals surface area contributed by atoms with Gasteiger partial charge in [-0.25, -0.2) is 9.67 Å². The number of aromatic nitrogens is 4. The van der Waals surface area contributed by atoms with Crippen LogP contribution in [0.4, 0.5) is 0 Å². The van der Waals surface area contributed by atoms with Gasteiger partial charge in [0, 0.05) is 31.0 Å². The molecule has 8 nitrogen and oxygen atoms in total. The second-order valence-electron chi connectivity index (χ2n) is 6.08. The van der Waals surface area contributed by atoms with Gasteiger partial charge in [-0.05, 0) is 25.1 Å². The molecule has 3 rings (SSSR count). The lowest BCUT2D eigenvalue weighted by atomic mass is 10.3. The Morgan fingerprint density at radius 1 is 1.22 bits per heavy atom. The van der Waals surface area contributed by atoms with Gasteiger partial charge in [-0.2, -0.15) is 5.10 Å². The van der Waals surface area contributed by atoms with Gasteiger partial charge in [-0.3, -0.25) is 9.59 Å². The van der Waals surface area contributed by atoms with E-state index >= 15 is 0 Å². The highest BCUT2D eigenvalue weighted by Crippen LogP contribution is 2.07. The van der Waals surface area contributed by atoms with E-state index in [1.165, 1.54) is 16.8 Å². The maximum atomic E-state index is 12.4. The normalized spacial score (nSPS) is 11.7. The molecule has 140 valence electrons. The first-order valence-electron chi connectivity index (χ1n) is 8.64. The molecule has 1 aromatic carbocycles.